The molecule has 7 nitrogen and oxygen atoms in total. The Morgan fingerprint density at radius 3 is 2.50 bits per heavy atom. The van der Waals surface area contributed by atoms with E-state index in [1.165, 1.54) is 0 Å². The first-order chi connectivity index (χ1) is 19.2. The standard InChI is InChI=1S/C32H36ClN3O4/c1-18-7-9-21(10-8-18)17-36-28(30(38)35-24-6-4-5-19(2)20(24)3)32-16-15-25(40-32)26(27(32)31(36)39)29(37)34-23-13-11-22(33)12-14-23/h7-16,19-20,24-28H,4-6,17H2,1-3H3,(H,34,37)(H,35,38)/t19-,20+,24+,25+,26+,27+,28-,32-/m0/s1. The van der Waals surface area contributed by atoms with Crippen LogP contribution >= 0.6 is 11.6 Å². The number of halogens is 1. The summed E-state index contributed by atoms with van der Waals surface area (Å²) < 4.78 is 6.49. The van der Waals surface area contributed by atoms with Crippen LogP contribution in [0, 0.1) is 30.6 Å². The van der Waals surface area contributed by atoms with E-state index in [4.69, 9.17) is 16.3 Å². The summed E-state index contributed by atoms with van der Waals surface area (Å²) in [4.78, 5) is 43.6. The maximum Gasteiger partial charge on any atom is 0.246 e. The first-order valence-corrected chi connectivity index (χ1v) is 14.7. The highest BCUT2D eigenvalue weighted by atomic mass is 35.5. The van der Waals surface area contributed by atoms with E-state index < -0.39 is 29.6 Å². The minimum atomic E-state index is -1.19. The number of anilines is 1. The van der Waals surface area contributed by atoms with E-state index in [-0.39, 0.29) is 30.3 Å². The molecule has 40 heavy (non-hydrogen) atoms. The molecule has 0 aromatic heterocycles. The molecule has 210 valence electrons. The van der Waals surface area contributed by atoms with Crippen molar-refractivity contribution in [2.45, 2.75) is 70.4 Å². The van der Waals surface area contributed by atoms with E-state index >= 15 is 0 Å². The zero-order valence-corrected chi connectivity index (χ0v) is 23.9. The van der Waals surface area contributed by atoms with Gasteiger partial charge in [-0.25, -0.2) is 0 Å². The lowest BCUT2D eigenvalue weighted by molar-refractivity contribution is -0.142. The molecule has 3 aliphatic heterocycles. The highest BCUT2D eigenvalue weighted by Crippen LogP contribution is 2.55. The van der Waals surface area contributed by atoms with Gasteiger partial charge in [-0.15, -0.1) is 0 Å². The van der Waals surface area contributed by atoms with E-state index in [2.05, 4.69) is 24.5 Å². The minimum absolute atomic E-state index is 0.0367. The number of carbonyl (C=O) groups is 3. The van der Waals surface area contributed by atoms with Crippen LogP contribution in [0.15, 0.2) is 60.7 Å². The third-order valence-electron chi connectivity index (χ3n) is 9.54. The van der Waals surface area contributed by atoms with Crippen LogP contribution in [-0.2, 0) is 25.7 Å². The Morgan fingerprint density at radius 2 is 1.77 bits per heavy atom. The molecule has 0 radical (unpaired) electrons. The van der Waals surface area contributed by atoms with Crippen molar-refractivity contribution in [2.24, 2.45) is 23.7 Å². The van der Waals surface area contributed by atoms with Crippen molar-refractivity contribution in [1.82, 2.24) is 10.2 Å². The van der Waals surface area contributed by atoms with Gasteiger partial charge < -0.3 is 20.3 Å². The summed E-state index contributed by atoms with van der Waals surface area (Å²) in [7, 11) is 0. The number of hydrogen-bond donors (Lipinski definition) is 2. The van der Waals surface area contributed by atoms with E-state index in [0.29, 0.717) is 22.5 Å². The fraction of sp³-hybridized carbons (Fsp3) is 0.469. The second kappa shape index (κ2) is 10.3. The Hall–Kier alpha value is -3.16. The first-order valence-electron chi connectivity index (χ1n) is 14.3. The number of carbonyl (C=O) groups excluding carboxylic acids is 3. The molecular formula is C32H36ClN3O4. The van der Waals surface area contributed by atoms with Crippen molar-refractivity contribution < 1.29 is 19.1 Å². The highest BCUT2D eigenvalue weighted by molar-refractivity contribution is 6.30. The summed E-state index contributed by atoms with van der Waals surface area (Å²) in [6.07, 6.45) is 6.25. The summed E-state index contributed by atoms with van der Waals surface area (Å²) in [5.74, 6) is -1.44. The lowest BCUT2D eigenvalue weighted by atomic mass is 9.73. The minimum Gasteiger partial charge on any atom is -0.359 e. The molecule has 2 aromatic rings. The summed E-state index contributed by atoms with van der Waals surface area (Å²) in [6, 6.07) is 14.0. The van der Waals surface area contributed by atoms with Crippen LogP contribution in [0.3, 0.4) is 0 Å². The fourth-order valence-corrected chi connectivity index (χ4v) is 7.26. The zero-order chi connectivity index (χ0) is 28.2. The normalized spacial score (nSPS) is 34.1. The van der Waals surface area contributed by atoms with Gasteiger partial charge in [-0.1, -0.05) is 80.3 Å². The van der Waals surface area contributed by atoms with Gasteiger partial charge in [0.05, 0.1) is 17.9 Å². The van der Waals surface area contributed by atoms with E-state index in [1.807, 2.05) is 43.3 Å². The van der Waals surface area contributed by atoms with Gasteiger partial charge in [-0.3, -0.25) is 14.4 Å². The summed E-state index contributed by atoms with van der Waals surface area (Å²) in [5.41, 5.74) is 1.44. The van der Waals surface area contributed by atoms with Crippen molar-refractivity contribution in [2.75, 3.05) is 5.32 Å². The monoisotopic (exact) mass is 561 g/mol. The van der Waals surface area contributed by atoms with E-state index in [1.54, 1.807) is 29.2 Å². The number of ether oxygens (including phenoxy) is 1. The molecule has 8 heteroatoms. The number of hydrogen-bond acceptors (Lipinski definition) is 4. The van der Waals surface area contributed by atoms with Crippen molar-refractivity contribution in [3.8, 4) is 0 Å². The smallest absolute Gasteiger partial charge is 0.246 e. The topological polar surface area (TPSA) is 87.7 Å². The van der Waals surface area contributed by atoms with Crippen LogP contribution in [-0.4, -0.2) is 46.4 Å². The van der Waals surface area contributed by atoms with Crippen LogP contribution in [0.5, 0.6) is 0 Å². The molecular weight excluding hydrogens is 526 g/mol. The summed E-state index contributed by atoms with van der Waals surface area (Å²) in [6.45, 7) is 6.70. The van der Waals surface area contributed by atoms with Crippen molar-refractivity contribution >= 4 is 35.0 Å². The number of likely N-dealkylation sites (tertiary alicyclic amines) is 1. The number of nitrogens with one attached hydrogen (secondary N) is 2. The molecule has 4 aliphatic rings. The van der Waals surface area contributed by atoms with E-state index in [0.717, 1.165) is 30.4 Å². The number of benzene rings is 2. The van der Waals surface area contributed by atoms with Gasteiger partial charge in [0.25, 0.3) is 0 Å². The number of fused-ring (bicyclic) bond motifs is 1. The van der Waals surface area contributed by atoms with Crippen LogP contribution < -0.4 is 10.6 Å². The maximum absolute atomic E-state index is 14.2. The molecule has 1 spiro atoms. The molecule has 8 atom stereocenters. The number of aryl methyl sites for hydroxylation is 1. The van der Waals surface area contributed by atoms with Gasteiger partial charge in [0, 0.05) is 23.3 Å². The Labute approximate surface area is 240 Å². The second-order valence-corrected chi connectivity index (χ2v) is 12.5. The Bertz CT molecular complexity index is 1340. The van der Waals surface area contributed by atoms with Gasteiger partial charge in [-0.2, -0.15) is 0 Å². The SMILES string of the molecule is Cc1ccc(CN2C(=O)[C@H]3[C@H](C(=O)Nc4ccc(Cl)cc4)[C@H]4C=C[C@@]3(O4)[C@@H]2C(=O)N[C@@H]2CCC[C@H](C)[C@H]2C)cc1. The molecule has 0 unspecified atom stereocenters. The Kier molecular flexibility index (Phi) is 6.99. The molecule has 3 fully saturated rings. The average molecular weight is 562 g/mol. The lowest BCUT2D eigenvalue weighted by Gasteiger charge is -2.38. The molecule has 2 N–H and O–H groups in total. The van der Waals surface area contributed by atoms with Gasteiger partial charge in [-0.05, 0) is 55.0 Å². The van der Waals surface area contributed by atoms with Gasteiger partial charge in [0.15, 0.2) is 0 Å². The number of nitrogens with zero attached hydrogens (tertiary/aromatic N) is 1. The summed E-state index contributed by atoms with van der Waals surface area (Å²) in [5, 5.41) is 6.81. The quantitative estimate of drug-likeness (QED) is 0.492. The van der Waals surface area contributed by atoms with Crippen LogP contribution in [0.4, 0.5) is 5.69 Å². The van der Waals surface area contributed by atoms with Gasteiger partial charge in [0.2, 0.25) is 17.7 Å². The van der Waals surface area contributed by atoms with Gasteiger partial charge in [0.1, 0.15) is 11.6 Å². The molecule has 3 heterocycles. The summed E-state index contributed by atoms with van der Waals surface area (Å²) >= 11 is 6.01. The molecule has 1 aliphatic carbocycles. The first kappa shape index (κ1) is 27.0. The predicted molar refractivity (Wildman–Crippen MR) is 153 cm³/mol. The third-order valence-corrected chi connectivity index (χ3v) is 9.80. The predicted octanol–water partition coefficient (Wildman–Crippen LogP) is 4.88. The van der Waals surface area contributed by atoms with Crippen molar-refractivity contribution in [3.63, 3.8) is 0 Å². The van der Waals surface area contributed by atoms with Crippen LogP contribution in [0.25, 0.3) is 0 Å². The zero-order valence-electron chi connectivity index (χ0n) is 23.1. The molecule has 2 aromatic carbocycles. The fourth-order valence-electron chi connectivity index (χ4n) is 7.13. The van der Waals surface area contributed by atoms with E-state index in [9.17, 15) is 14.4 Å². The lowest BCUT2D eigenvalue weighted by Crippen LogP contribution is -2.57. The number of amides is 3. The second-order valence-electron chi connectivity index (χ2n) is 12.0. The maximum atomic E-state index is 14.2. The highest BCUT2D eigenvalue weighted by Gasteiger charge is 2.72. The number of rotatable bonds is 6. The van der Waals surface area contributed by atoms with Crippen molar-refractivity contribution in [3.05, 3.63) is 76.8 Å². The molecule has 3 amide bonds. The molecule has 6 rings (SSSR count). The molecule has 1 saturated carbocycles. The van der Waals surface area contributed by atoms with Gasteiger partial charge >= 0.3 is 0 Å². The average Bonchev–Trinajstić information content (AvgIpc) is 3.57. The van der Waals surface area contributed by atoms with Crippen molar-refractivity contribution in [1.29, 1.82) is 0 Å². The van der Waals surface area contributed by atoms with Crippen LogP contribution in [0.2, 0.25) is 5.02 Å². The molecule has 2 bridgehead atoms. The van der Waals surface area contributed by atoms with Crippen LogP contribution in [0.1, 0.15) is 44.2 Å². The Morgan fingerprint density at radius 1 is 1.05 bits per heavy atom. The largest absolute Gasteiger partial charge is 0.359 e. The third kappa shape index (κ3) is 4.53. The molecule has 2 saturated heterocycles. The Balaban J connectivity index is 1.32.